The fourth-order valence-electron chi connectivity index (χ4n) is 4.22. The molecule has 1 aromatic carbocycles. The number of ether oxygens (including phenoxy) is 2. The minimum atomic E-state index is -4.11. The molecule has 0 aliphatic carbocycles. The van der Waals surface area contributed by atoms with Crippen molar-refractivity contribution in [2.45, 2.75) is 51.4 Å². The number of rotatable bonds is 12. The maximum Gasteiger partial charge on any atom is 0.416 e. The number of aliphatic carboxylic acids is 1. The first-order valence-corrected chi connectivity index (χ1v) is 15.6. The normalized spacial score (nSPS) is 11.7. The van der Waals surface area contributed by atoms with Crippen LogP contribution in [-0.4, -0.2) is 63.6 Å². The Labute approximate surface area is 262 Å². The van der Waals surface area contributed by atoms with Gasteiger partial charge in [0.15, 0.2) is 5.03 Å². The van der Waals surface area contributed by atoms with Gasteiger partial charge in [-0.2, -0.15) is 4.31 Å². The number of benzene rings is 1. The van der Waals surface area contributed by atoms with E-state index in [2.05, 4.69) is 15.0 Å². The van der Waals surface area contributed by atoms with E-state index >= 15 is 0 Å². The monoisotopic (exact) mass is 633 g/mol. The third-order valence-electron chi connectivity index (χ3n) is 6.18. The lowest BCUT2D eigenvalue weighted by atomic mass is 10.1. The zero-order chi connectivity index (χ0) is 32.6. The molecule has 236 valence electrons. The van der Waals surface area contributed by atoms with Crippen molar-refractivity contribution in [1.82, 2.24) is 19.3 Å². The number of sulfonamides is 1. The molecule has 0 saturated carbocycles. The zero-order valence-electron chi connectivity index (χ0n) is 25.5. The Hall–Kier alpha value is -4.88. The van der Waals surface area contributed by atoms with Crippen molar-refractivity contribution in [3.8, 4) is 17.1 Å². The molecule has 45 heavy (non-hydrogen) atoms. The molecule has 0 saturated heterocycles. The molecule has 3 aromatic heterocycles. The van der Waals surface area contributed by atoms with Crippen LogP contribution in [0.2, 0.25) is 0 Å². The number of carboxylic acid groups (broad SMARTS) is 1. The number of carbonyl (C=O) groups excluding carboxylic acids is 1. The largest absolute Gasteiger partial charge is 0.480 e. The summed E-state index contributed by atoms with van der Waals surface area (Å²) in [6.07, 6.45) is 0.501. The van der Waals surface area contributed by atoms with Crippen molar-refractivity contribution in [3.63, 3.8) is 0 Å². The highest BCUT2D eigenvalue weighted by Gasteiger charge is 2.29. The van der Waals surface area contributed by atoms with Gasteiger partial charge in [0.2, 0.25) is 5.88 Å². The number of anilines is 1. The second kappa shape index (κ2) is 14.3. The van der Waals surface area contributed by atoms with Gasteiger partial charge in [-0.15, -0.1) is 0 Å². The molecule has 0 bridgehead atoms. The standard InChI is InChI=1S/C32H35N5O7S/c1-5-43-28-13-9-11-26(35-28)24-17-15-23(16-18-24)20-36(45(41,42)29-14-6-7-19-33-29)21-25-10-8-12-27(34-25)37(22-30(38)39)31(40)44-32(2,3)4/h6-19H,5,20-22H2,1-4H3,(H,38,39). The molecule has 0 aliphatic heterocycles. The van der Waals surface area contributed by atoms with Gasteiger partial charge in [0.1, 0.15) is 18.0 Å². The van der Waals surface area contributed by atoms with Gasteiger partial charge in [0, 0.05) is 24.4 Å². The van der Waals surface area contributed by atoms with Crippen molar-refractivity contribution in [3.05, 3.63) is 96.3 Å². The summed E-state index contributed by atoms with van der Waals surface area (Å²) >= 11 is 0. The predicted molar refractivity (Wildman–Crippen MR) is 167 cm³/mol. The molecule has 0 atom stereocenters. The van der Waals surface area contributed by atoms with E-state index in [9.17, 15) is 23.1 Å². The van der Waals surface area contributed by atoms with Crippen LogP contribution in [-0.2, 0) is 32.6 Å². The first-order chi connectivity index (χ1) is 21.4. The Morgan fingerprint density at radius 2 is 1.62 bits per heavy atom. The van der Waals surface area contributed by atoms with Crippen LogP contribution < -0.4 is 9.64 Å². The van der Waals surface area contributed by atoms with Crippen LogP contribution in [0.4, 0.5) is 10.6 Å². The molecular weight excluding hydrogens is 598 g/mol. The van der Waals surface area contributed by atoms with Crippen LogP contribution in [0.15, 0.2) is 90.1 Å². The predicted octanol–water partition coefficient (Wildman–Crippen LogP) is 5.15. The molecule has 4 rings (SSSR count). The fraction of sp³-hybridized carbons (Fsp3) is 0.281. The molecule has 0 fully saturated rings. The molecule has 0 aliphatic rings. The number of amides is 1. The SMILES string of the molecule is CCOc1cccc(-c2ccc(CN(Cc3cccc(N(CC(=O)O)C(=O)OC(C)(C)C)n3)S(=O)(=O)c3ccccn3)cc2)n1. The topological polar surface area (TPSA) is 152 Å². The highest BCUT2D eigenvalue weighted by atomic mass is 32.2. The Morgan fingerprint density at radius 1 is 0.889 bits per heavy atom. The van der Waals surface area contributed by atoms with Crippen LogP contribution >= 0.6 is 0 Å². The van der Waals surface area contributed by atoms with E-state index < -0.39 is 34.2 Å². The Bertz CT molecular complexity index is 1730. The second-order valence-electron chi connectivity index (χ2n) is 10.9. The lowest BCUT2D eigenvalue weighted by Gasteiger charge is -2.26. The first kappa shape index (κ1) is 33.0. The number of aromatic nitrogens is 3. The highest BCUT2D eigenvalue weighted by Crippen LogP contribution is 2.24. The summed E-state index contributed by atoms with van der Waals surface area (Å²) in [5.41, 5.74) is 1.63. The van der Waals surface area contributed by atoms with E-state index in [4.69, 9.17) is 9.47 Å². The molecule has 3 heterocycles. The average Bonchev–Trinajstić information content (AvgIpc) is 3.00. The van der Waals surface area contributed by atoms with Crippen LogP contribution in [0.25, 0.3) is 11.3 Å². The van der Waals surface area contributed by atoms with Crippen molar-refractivity contribution in [2.24, 2.45) is 0 Å². The van der Waals surface area contributed by atoms with Crippen molar-refractivity contribution >= 4 is 27.9 Å². The van der Waals surface area contributed by atoms with Gasteiger partial charge >= 0.3 is 12.1 Å². The van der Waals surface area contributed by atoms with Crippen LogP contribution in [0, 0.1) is 0 Å². The van der Waals surface area contributed by atoms with E-state index in [0.717, 1.165) is 10.5 Å². The van der Waals surface area contributed by atoms with E-state index in [1.807, 2.05) is 43.3 Å². The maximum absolute atomic E-state index is 13.8. The minimum absolute atomic E-state index is 0.00506. The van der Waals surface area contributed by atoms with Crippen molar-refractivity contribution in [2.75, 3.05) is 18.1 Å². The Morgan fingerprint density at radius 3 is 2.27 bits per heavy atom. The quantitative estimate of drug-likeness (QED) is 0.222. The molecular formula is C32H35N5O7S. The second-order valence-corrected chi connectivity index (χ2v) is 12.8. The smallest absolute Gasteiger partial charge is 0.416 e. The van der Waals surface area contributed by atoms with E-state index in [1.54, 1.807) is 51.1 Å². The number of nitrogens with zero attached hydrogens (tertiary/aromatic N) is 5. The van der Waals surface area contributed by atoms with E-state index in [1.165, 1.54) is 22.6 Å². The Balaban J connectivity index is 1.65. The fourth-order valence-corrected chi connectivity index (χ4v) is 5.55. The summed E-state index contributed by atoms with van der Waals surface area (Å²) in [6, 6.07) is 22.0. The third kappa shape index (κ3) is 9.06. The molecule has 0 unspecified atom stereocenters. The summed E-state index contributed by atoms with van der Waals surface area (Å²) in [6.45, 7) is 6.44. The van der Waals surface area contributed by atoms with E-state index in [-0.39, 0.29) is 29.6 Å². The van der Waals surface area contributed by atoms with Crippen molar-refractivity contribution < 1.29 is 32.6 Å². The first-order valence-electron chi connectivity index (χ1n) is 14.1. The van der Waals surface area contributed by atoms with Gasteiger partial charge in [-0.1, -0.05) is 42.5 Å². The maximum atomic E-state index is 13.8. The van der Waals surface area contributed by atoms with Gasteiger partial charge < -0.3 is 14.6 Å². The van der Waals surface area contributed by atoms with Crippen LogP contribution in [0.1, 0.15) is 39.0 Å². The van der Waals surface area contributed by atoms with Crippen LogP contribution in [0.3, 0.4) is 0 Å². The summed E-state index contributed by atoms with van der Waals surface area (Å²) in [7, 11) is -4.11. The molecule has 0 spiro atoms. The molecule has 1 N–H and O–H groups in total. The number of carbonyl (C=O) groups is 2. The number of hydrogen-bond acceptors (Lipinski definition) is 9. The minimum Gasteiger partial charge on any atom is -0.480 e. The highest BCUT2D eigenvalue weighted by molar-refractivity contribution is 7.89. The summed E-state index contributed by atoms with van der Waals surface area (Å²) in [5, 5.41) is 9.31. The zero-order valence-corrected chi connectivity index (χ0v) is 26.3. The van der Waals surface area contributed by atoms with Gasteiger partial charge in [-0.05, 0) is 63.6 Å². The molecule has 12 nitrogen and oxygen atoms in total. The van der Waals surface area contributed by atoms with Gasteiger partial charge in [-0.25, -0.2) is 28.2 Å². The van der Waals surface area contributed by atoms with Gasteiger partial charge in [0.05, 0.1) is 24.5 Å². The molecule has 0 radical (unpaired) electrons. The molecule has 13 heteroatoms. The van der Waals surface area contributed by atoms with Gasteiger partial charge in [-0.3, -0.25) is 9.69 Å². The molecule has 1 amide bonds. The van der Waals surface area contributed by atoms with Crippen LogP contribution in [0.5, 0.6) is 5.88 Å². The third-order valence-corrected chi connectivity index (χ3v) is 7.89. The average molecular weight is 634 g/mol. The molecule has 4 aromatic rings. The van der Waals surface area contributed by atoms with Crippen molar-refractivity contribution in [1.29, 1.82) is 0 Å². The lowest BCUT2D eigenvalue weighted by Crippen LogP contribution is -2.40. The van der Waals surface area contributed by atoms with Gasteiger partial charge in [0.25, 0.3) is 10.0 Å². The lowest BCUT2D eigenvalue weighted by molar-refractivity contribution is -0.135. The number of pyridine rings is 3. The Kier molecular flexibility index (Phi) is 10.5. The number of carboxylic acids is 1. The van der Waals surface area contributed by atoms with E-state index in [0.29, 0.717) is 23.7 Å². The summed E-state index contributed by atoms with van der Waals surface area (Å²) in [4.78, 5) is 38.4. The number of hydrogen-bond donors (Lipinski definition) is 1. The summed E-state index contributed by atoms with van der Waals surface area (Å²) in [5.74, 6) is -0.754. The summed E-state index contributed by atoms with van der Waals surface area (Å²) < 4.78 is 39.7.